The van der Waals surface area contributed by atoms with Crippen LogP contribution in [0.5, 0.6) is 11.5 Å². The van der Waals surface area contributed by atoms with Crippen LogP contribution in [0.2, 0.25) is 0 Å². The molecule has 1 N–H and O–H groups in total. The second-order valence-electron chi connectivity index (χ2n) is 8.03. The molecule has 0 spiro atoms. The molecule has 6 nitrogen and oxygen atoms in total. The van der Waals surface area contributed by atoms with Crippen molar-refractivity contribution < 1.29 is 23.5 Å². The summed E-state index contributed by atoms with van der Waals surface area (Å²) >= 11 is 0. The highest BCUT2D eigenvalue weighted by molar-refractivity contribution is 5.92. The third-order valence-corrected chi connectivity index (χ3v) is 5.93. The van der Waals surface area contributed by atoms with Crippen molar-refractivity contribution in [2.24, 2.45) is 11.8 Å². The maximum atomic E-state index is 13.7. The summed E-state index contributed by atoms with van der Waals surface area (Å²) in [6.07, 6.45) is 2.90. The van der Waals surface area contributed by atoms with E-state index in [4.69, 9.17) is 9.47 Å². The fourth-order valence-corrected chi connectivity index (χ4v) is 4.07. The summed E-state index contributed by atoms with van der Waals surface area (Å²) in [5, 5.41) is 2.93. The highest BCUT2D eigenvalue weighted by Crippen LogP contribution is 2.27. The minimum absolute atomic E-state index is 0.0408. The zero-order valence-electron chi connectivity index (χ0n) is 17.4. The predicted molar refractivity (Wildman–Crippen MR) is 114 cm³/mol. The minimum atomic E-state index is -0.429. The van der Waals surface area contributed by atoms with Gasteiger partial charge in [-0.3, -0.25) is 9.59 Å². The average molecular weight is 426 g/mol. The number of halogens is 1. The Morgan fingerprint density at radius 3 is 2.29 bits per heavy atom. The summed E-state index contributed by atoms with van der Waals surface area (Å²) in [7, 11) is 0. The second-order valence-corrected chi connectivity index (χ2v) is 8.03. The van der Waals surface area contributed by atoms with E-state index in [2.05, 4.69) is 5.32 Å². The summed E-state index contributed by atoms with van der Waals surface area (Å²) < 4.78 is 24.6. The van der Waals surface area contributed by atoms with E-state index in [1.165, 1.54) is 6.07 Å². The first kappa shape index (κ1) is 21.3. The number of carbonyl (C=O) groups excluding carboxylic acids is 2. The largest absolute Gasteiger partial charge is 0.454 e. The standard InChI is InChI=1S/C24H27FN2O4/c25-21-3-1-2-4-22(21)31-20-7-5-19(6-8-20)26-23(28)17-9-13-27(14-10-17)24(29)18-11-15-30-16-12-18/h1-8,17-18H,9-16H2,(H,26,28). The van der Waals surface area contributed by atoms with Crippen LogP contribution >= 0.6 is 0 Å². The fourth-order valence-electron chi connectivity index (χ4n) is 4.07. The third kappa shape index (κ3) is 5.41. The van der Waals surface area contributed by atoms with E-state index in [0.717, 1.165) is 12.8 Å². The van der Waals surface area contributed by atoms with Crippen LogP contribution in [-0.2, 0) is 14.3 Å². The third-order valence-electron chi connectivity index (χ3n) is 5.93. The molecule has 4 rings (SSSR count). The van der Waals surface area contributed by atoms with E-state index in [9.17, 15) is 14.0 Å². The molecule has 2 aliphatic heterocycles. The Hall–Kier alpha value is -2.93. The van der Waals surface area contributed by atoms with Crippen LogP contribution in [0.4, 0.5) is 10.1 Å². The number of para-hydroxylation sites is 1. The number of rotatable bonds is 5. The quantitative estimate of drug-likeness (QED) is 0.777. The van der Waals surface area contributed by atoms with Crippen molar-refractivity contribution in [1.29, 1.82) is 0 Å². The zero-order chi connectivity index (χ0) is 21.6. The van der Waals surface area contributed by atoms with E-state index in [-0.39, 0.29) is 29.4 Å². The predicted octanol–water partition coefficient (Wildman–Crippen LogP) is 4.22. The average Bonchev–Trinajstić information content (AvgIpc) is 2.82. The number of benzene rings is 2. The summed E-state index contributed by atoms with van der Waals surface area (Å²) in [5.41, 5.74) is 0.659. The normalized spacial score (nSPS) is 17.9. The number of nitrogens with one attached hydrogen (secondary N) is 1. The van der Waals surface area contributed by atoms with Gasteiger partial charge in [0.2, 0.25) is 11.8 Å². The number of hydrogen-bond acceptors (Lipinski definition) is 4. The molecule has 2 aromatic rings. The van der Waals surface area contributed by atoms with Crippen molar-refractivity contribution in [3.05, 3.63) is 54.3 Å². The number of hydrogen-bond donors (Lipinski definition) is 1. The maximum Gasteiger partial charge on any atom is 0.227 e. The van der Waals surface area contributed by atoms with Crippen LogP contribution in [0.25, 0.3) is 0 Å². The van der Waals surface area contributed by atoms with Gasteiger partial charge >= 0.3 is 0 Å². The Balaban J connectivity index is 1.26. The van der Waals surface area contributed by atoms with Gasteiger partial charge in [-0.05, 0) is 62.1 Å². The SMILES string of the molecule is O=C(Nc1ccc(Oc2ccccc2F)cc1)C1CCN(C(=O)C2CCOCC2)CC1. The lowest BCUT2D eigenvalue weighted by molar-refractivity contribution is -0.141. The Bertz CT molecular complexity index is 904. The summed E-state index contributed by atoms with van der Waals surface area (Å²) in [4.78, 5) is 27.2. The zero-order valence-corrected chi connectivity index (χ0v) is 17.4. The highest BCUT2D eigenvalue weighted by Gasteiger charge is 2.31. The molecular formula is C24H27FN2O4. The number of anilines is 1. The van der Waals surface area contributed by atoms with Gasteiger partial charge in [0.05, 0.1) is 0 Å². The van der Waals surface area contributed by atoms with Crippen LogP contribution in [0, 0.1) is 17.7 Å². The van der Waals surface area contributed by atoms with E-state index in [1.54, 1.807) is 42.5 Å². The molecule has 2 aliphatic rings. The molecule has 0 bridgehead atoms. The number of likely N-dealkylation sites (tertiary alicyclic amines) is 1. The highest BCUT2D eigenvalue weighted by atomic mass is 19.1. The summed E-state index contributed by atoms with van der Waals surface area (Å²) in [6.45, 7) is 2.53. The van der Waals surface area contributed by atoms with Crippen LogP contribution in [0.15, 0.2) is 48.5 Å². The molecule has 31 heavy (non-hydrogen) atoms. The lowest BCUT2D eigenvalue weighted by Crippen LogP contribution is -2.45. The first-order chi connectivity index (χ1) is 15.1. The molecule has 2 fully saturated rings. The van der Waals surface area contributed by atoms with Crippen LogP contribution in [-0.4, -0.2) is 43.0 Å². The van der Waals surface area contributed by atoms with Crippen molar-refractivity contribution in [1.82, 2.24) is 4.90 Å². The van der Waals surface area contributed by atoms with Gasteiger partial charge in [0, 0.05) is 43.8 Å². The molecular weight excluding hydrogens is 399 g/mol. The van der Waals surface area contributed by atoms with Gasteiger partial charge in [0.25, 0.3) is 0 Å². The summed E-state index contributed by atoms with van der Waals surface area (Å²) in [5.74, 6) is 0.316. The Morgan fingerprint density at radius 2 is 1.61 bits per heavy atom. The van der Waals surface area contributed by atoms with Crippen molar-refractivity contribution in [3.63, 3.8) is 0 Å². The van der Waals surface area contributed by atoms with Gasteiger partial charge in [-0.15, -0.1) is 0 Å². The summed E-state index contributed by atoms with van der Waals surface area (Å²) in [6, 6.07) is 13.1. The Kier molecular flexibility index (Phi) is 6.82. The molecule has 0 radical (unpaired) electrons. The molecule has 0 unspecified atom stereocenters. The molecule has 2 heterocycles. The number of nitrogens with zero attached hydrogens (tertiary/aromatic N) is 1. The topological polar surface area (TPSA) is 67.9 Å². The van der Waals surface area contributed by atoms with Crippen molar-refractivity contribution in [3.8, 4) is 11.5 Å². The van der Waals surface area contributed by atoms with Crippen molar-refractivity contribution >= 4 is 17.5 Å². The van der Waals surface area contributed by atoms with Gasteiger partial charge in [-0.2, -0.15) is 0 Å². The lowest BCUT2D eigenvalue weighted by atomic mass is 9.93. The van der Waals surface area contributed by atoms with Crippen LogP contribution in [0.1, 0.15) is 25.7 Å². The van der Waals surface area contributed by atoms with E-state index in [0.29, 0.717) is 50.6 Å². The van der Waals surface area contributed by atoms with Crippen molar-refractivity contribution in [2.45, 2.75) is 25.7 Å². The van der Waals surface area contributed by atoms with Gasteiger partial charge in [-0.25, -0.2) is 4.39 Å². The van der Waals surface area contributed by atoms with E-state index >= 15 is 0 Å². The number of amides is 2. The van der Waals surface area contributed by atoms with Gasteiger partial charge in [0.15, 0.2) is 11.6 Å². The van der Waals surface area contributed by atoms with E-state index < -0.39 is 5.82 Å². The molecule has 7 heteroatoms. The van der Waals surface area contributed by atoms with Gasteiger partial charge in [-0.1, -0.05) is 12.1 Å². The molecule has 2 amide bonds. The first-order valence-electron chi connectivity index (χ1n) is 10.8. The molecule has 0 aliphatic carbocycles. The lowest BCUT2D eigenvalue weighted by Gasteiger charge is -2.34. The van der Waals surface area contributed by atoms with E-state index in [1.807, 2.05) is 4.90 Å². The molecule has 164 valence electrons. The molecule has 0 atom stereocenters. The fraction of sp³-hybridized carbons (Fsp3) is 0.417. The van der Waals surface area contributed by atoms with Crippen LogP contribution in [0.3, 0.4) is 0 Å². The minimum Gasteiger partial charge on any atom is -0.454 e. The van der Waals surface area contributed by atoms with Gasteiger partial charge < -0.3 is 19.7 Å². The van der Waals surface area contributed by atoms with Crippen molar-refractivity contribution in [2.75, 3.05) is 31.6 Å². The Labute approximate surface area is 181 Å². The first-order valence-corrected chi connectivity index (χ1v) is 10.8. The number of carbonyl (C=O) groups is 2. The maximum absolute atomic E-state index is 13.7. The number of piperidine rings is 1. The number of ether oxygens (including phenoxy) is 2. The van der Waals surface area contributed by atoms with Gasteiger partial charge in [0.1, 0.15) is 5.75 Å². The van der Waals surface area contributed by atoms with Crippen LogP contribution < -0.4 is 10.1 Å². The monoisotopic (exact) mass is 426 g/mol. The molecule has 0 saturated carbocycles. The molecule has 2 aromatic carbocycles. The second kappa shape index (κ2) is 9.92. The Morgan fingerprint density at radius 1 is 0.935 bits per heavy atom. The molecule has 2 saturated heterocycles. The molecule has 0 aromatic heterocycles. The smallest absolute Gasteiger partial charge is 0.227 e.